The second kappa shape index (κ2) is 8.51. The fourth-order valence-corrected chi connectivity index (χ4v) is 1.14. The van der Waals surface area contributed by atoms with Crippen LogP contribution in [0.15, 0.2) is 12.2 Å². The lowest BCUT2D eigenvalue weighted by Gasteiger charge is -2.06. The average Bonchev–Trinajstić information content (AvgIpc) is 2.15. The fraction of sp³-hybridized carbons (Fsp3) is 0.769. The second-order valence-electron chi connectivity index (χ2n) is 4.30. The first-order chi connectivity index (χ1) is 7.06. The van der Waals surface area contributed by atoms with Gasteiger partial charge in [0.05, 0.1) is 6.10 Å². The molecular formula is C13H24O2. The summed E-state index contributed by atoms with van der Waals surface area (Å²) in [6.45, 7) is 8.17. The van der Waals surface area contributed by atoms with Gasteiger partial charge >= 0.3 is 5.97 Å². The summed E-state index contributed by atoms with van der Waals surface area (Å²) >= 11 is 0. The summed E-state index contributed by atoms with van der Waals surface area (Å²) in [7, 11) is 0. The normalized spacial score (nSPS) is 13.4. The molecule has 0 saturated carbocycles. The van der Waals surface area contributed by atoms with E-state index in [1.165, 1.54) is 6.42 Å². The van der Waals surface area contributed by atoms with Gasteiger partial charge in [-0.3, -0.25) is 4.79 Å². The molecule has 1 atom stereocenters. The van der Waals surface area contributed by atoms with Gasteiger partial charge in [-0.15, -0.1) is 0 Å². The van der Waals surface area contributed by atoms with Gasteiger partial charge in [0, 0.05) is 6.42 Å². The van der Waals surface area contributed by atoms with Crippen LogP contribution in [-0.2, 0) is 9.53 Å². The van der Waals surface area contributed by atoms with Crippen LogP contribution in [0.1, 0.15) is 53.4 Å². The zero-order valence-corrected chi connectivity index (χ0v) is 10.5. The maximum absolute atomic E-state index is 11.2. The molecule has 2 heteroatoms. The van der Waals surface area contributed by atoms with E-state index in [2.05, 4.69) is 26.0 Å². The lowest BCUT2D eigenvalue weighted by molar-refractivity contribution is -0.147. The molecule has 0 rings (SSSR count). The van der Waals surface area contributed by atoms with Gasteiger partial charge in [-0.1, -0.05) is 32.4 Å². The Kier molecular flexibility index (Phi) is 8.06. The van der Waals surface area contributed by atoms with Gasteiger partial charge in [0.15, 0.2) is 0 Å². The van der Waals surface area contributed by atoms with E-state index in [-0.39, 0.29) is 12.1 Å². The topological polar surface area (TPSA) is 26.3 Å². The van der Waals surface area contributed by atoms with Gasteiger partial charge in [0.25, 0.3) is 0 Å². The molecule has 0 aromatic rings. The van der Waals surface area contributed by atoms with Crippen LogP contribution >= 0.6 is 0 Å². The molecule has 0 N–H and O–H groups in total. The third kappa shape index (κ3) is 9.51. The van der Waals surface area contributed by atoms with E-state index in [4.69, 9.17) is 4.74 Å². The quantitative estimate of drug-likeness (QED) is 0.475. The highest BCUT2D eigenvalue weighted by Gasteiger charge is 2.02. The molecule has 0 aromatic carbocycles. The van der Waals surface area contributed by atoms with Gasteiger partial charge in [0.2, 0.25) is 0 Å². The number of hydrogen-bond donors (Lipinski definition) is 0. The van der Waals surface area contributed by atoms with Crippen LogP contribution in [0.25, 0.3) is 0 Å². The lowest BCUT2D eigenvalue weighted by Crippen LogP contribution is -2.10. The number of carbonyl (C=O) groups excluding carboxylic acids is 1. The average molecular weight is 212 g/mol. The van der Waals surface area contributed by atoms with Crippen LogP contribution in [0, 0.1) is 5.92 Å². The Morgan fingerprint density at radius 2 is 1.93 bits per heavy atom. The molecule has 2 nitrogen and oxygen atoms in total. The third-order valence-corrected chi connectivity index (χ3v) is 2.28. The van der Waals surface area contributed by atoms with Crippen molar-refractivity contribution in [3.8, 4) is 0 Å². The van der Waals surface area contributed by atoms with Crippen LogP contribution in [0.4, 0.5) is 0 Å². The number of carbonyl (C=O) groups is 1. The Balaban J connectivity index is 3.48. The van der Waals surface area contributed by atoms with Crippen LogP contribution in [0.2, 0.25) is 0 Å². The maximum Gasteiger partial charge on any atom is 0.306 e. The van der Waals surface area contributed by atoms with E-state index in [1.807, 2.05) is 13.8 Å². The predicted molar refractivity (Wildman–Crippen MR) is 63.7 cm³/mol. The van der Waals surface area contributed by atoms with Gasteiger partial charge in [-0.25, -0.2) is 0 Å². The molecule has 88 valence electrons. The monoisotopic (exact) mass is 212 g/mol. The standard InChI is InChI=1S/C13H24O2/c1-5-12(4)9-7-6-8-10-13(14)15-11(2)3/h6-7,11-12H,5,8-10H2,1-4H3/b7-6+/t12-/m0/s1. The van der Waals surface area contributed by atoms with Crippen molar-refractivity contribution in [3.05, 3.63) is 12.2 Å². The molecule has 0 aromatic heterocycles. The van der Waals surface area contributed by atoms with Crippen LogP contribution < -0.4 is 0 Å². The van der Waals surface area contributed by atoms with Crippen molar-refractivity contribution in [1.82, 2.24) is 0 Å². The number of esters is 1. The summed E-state index contributed by atoms with van der Waals surface area (Å²) in [5, 5.41) is 0. The smallest absolute Gasteiger partial charge is 0.306 e. The molecule has 0 bridgehead atoms. The highest BCUT2D eigenvalue weighted by Crippen LogP contribution is 2.07. The van der Waals surface area contributed by atoms with Crippen LogP contribution in [-0.4, -0.2) is 12.1 Å². The zero-order chi connectivity index (χ0) is 11.7. The van der Waals surface area contributed by atoms with Crippen molar-refractivity contribution >= 4 is 5.97 Å². The molecule has 0 saturated heterocycles. The lowest BCUT2D eigenvalue weighted by atomic mass is 10.0. The largest absolute Gasteiger partial charge is 0.463 e. The van der Waals surface area contributed by atoms with E-state index in [0.717, 1.165) is 18.8 Å². The Hall–Kier alpha value is -0.790. The van der Waals surface area contributed by atoms with Gasteiger partial charge in [0.1, 0.15) is 0 Å². The van der Waals surface area contributed by atoms with E-state index >= 15 is 0 Å². The molecule has 0 radical (unpaired) electrons. The van der Waals surface area contributed by atoms with Crippen molar-refractivity contribution in [1.29, 1.82) is 0 Å². The molecule has 0 amide bonds. The van der Waals surface area contributed by atoms with Crippen LogP contribution in [0.3, 0.4) is 0 Å². The maximum atomic E-state index is 11.2. The number of rotatable bonds is 7. The summed E-state index contributed by atoms with van der Waals surface area (Å²) < 4.78 is 5.03. The summed E-state index contributed by atoms with van der Waals surface area (Å²) in [5.74, 6) is 0.641. The molecule has 0 aliphatic carbocycles. The molecule has 0 heterocycles. The van der Waals surface area contributed by atoms with E-state index in [9.17, 15) is 4.79 Å². The van der Waals surface area contributed by atoms with E-state index in [0.29, 0.717) is 6.42 Å². The van der Waals surface area contributed by atoms with Gasteiger partial charge in [-0.2, -0.15) is 0 Å². The van der Waals surface area contributed by atoms with Crippen molar-refractivity contribution in [2.75, 3.05) is 0 Å². The van der Waals surface area contributed by atoms with E-state index < -0.39 is 0 Å². The van der Waals surface area contributed by atoms with Crippen molar-refractivity contribution < 1.29 is 9.53 Å². The second-order valence-corrected chi connectivity index (χ2v) is 4.30. The van der Waals surface area contributed by atoms with Crippen molar-refractivity contribution in [2.24, 2.45) is 5.92 Å². The number of allylic oxidation sites excluding steroid dienone is 2. The minimum absolute atomic E-state index is 0.00148. The summed E-state index contributed by atoms with van der Waals surface area (Å²) in [5.41, 5.74) is 0. The Morgan fingerprint density at radius 1 is 1.27 bits per heavy atom. The van der Waals surface area contributed by atoms with Gasteiger partial charge in [-0.05, 0) is 32.6 Å². The molecule has 15 heavy (non-hydrogen) atoms. The fourth-order valence-electron chi connectivity index (χ4n) is 1.14. The highest BCUT2D eigenvalue weighted by molar-refractivity contribution is 5.69. The Morgan fingerprint density at radius 3 is 2.47 bits per heavy atom. The third-order valence-electron chi connectivity index (χ3n) is 2.28. The molecular weight excluding hydrogens is 188 g/mol. The predicted octanol–water partition coefficient (Wildman–Crippen LogP) is 3.71. The summed E-state index contributed by atoms with van der Waals surface area (Å²) in [4.78, 5) is 11.2. The highest BCUT2D eigenvalue weighted by atomic mass is 16.5. The summed E-state index contributed by atoms with van der Waals surface area (Å²) in [6, 6.07) is 0. The van der Waals surface area contributed by atoms with E-state index in [1.54, 1.807) is 0 Å². The number of hydrogen-bond acceptors (Lipinski definition) is 2. The summed E-state index contributed by atoms with van der Waals surface area (Å²) in [6.07, 6.45) is 7.85. The number of ether oxygens (including phenoxy) is 1. The van der Waals surface area contributed by atoms with Crippen molar-refractivity contribution in [3.63, 3.8) is 0 Å². The SMILES string of the molecule is CC[C@H](C)C/C=C/CCC(=O)OC(C)C. The zero-order valence-electron chi connectivity index (χ0n) is 10.5. The molecule has 0 aliphatic rings. The minimum atomic E-state index is -0.0989. The molecule has 0 fully saturated rings. The molecule has 0 spiro atoms. The minimum Gasteiger partial charge on any atom is -0.463 e. The molecule has 0 aliphatic heterocycles. The first kappa shape index (κ1) is 14.2. The van der Waals surface area contributed by atoms with Gasteiger partial charge < -0.3 is 4.74 Å². The Bertz CT molecular complexity index is 195. The van der Waals surface area contributed by atoms with Crippen LogP contribution in [0.5, 0.6) is 0 Å². The Labute approximate surface area is 93.7 Å². The first-order valence-electron chi connectivity index (χ1n) is 5.90. The molecule has 0 unspecified atom stereocenters. The van der Waals surface area contributed by atoms with Crippen molar-refractivity contribution in [2.45, 2.75) is 59.5 Å². The first-order valence-corrected chi connectivity index (χ1v) is 5.90.